The summed E-state index contributed by atoms with van der Waals surface area (Å²) in [5, 5.41) is 12.6. The molecule has 0 fully saturated rings. The summed E-state index contributed by atoms with van der Waals surface area (Å²) in [5.74, 6) is -0.0444. The molecule has 1 atom stereocenters. The molecule has 1 unspecified atom stereocenters. The molecule has 21 heavy (non-hydrogen) atoms. The van der Waals surface area contributed by atoms with Crippen LogP contribution in [0.25, 0.3) is 0 Å². The molecule has 1 aromatic heterocycles. The molecule has 0 saturated heterocycles. The Bertz CT molecular complexity index is 787. The number of hydrogen-bond donors (Lipinski definition) is 2. The molecule has 1 aromatic carbocycles. The predicted octanol–water partition coefficient (Wildman–Crippen LogP) is 0.913. The summed E-state index contributed by atoms with van der Waals surface area (Å²) in [7, 11) is -2.16. The van der Waals surface area contributed by atoms with Crippen LogP contribution in [0.2, 0.25) is 0 Å². The molecule has 0 amide bonds. The second-order valence-electron chi connectivity index (χ2n) is 4.63. The number of nitrogen functional groups attached to an aromatic ring is 1. The molecular formula is C13H15N5O2S. The van der Waals surface area contributed by atoms with Crippen LogP contribution in [0.1, 0.15) is 24.1 Å². The van der Waals surface area contributed by atoms with E-state index in [1.807, 2.05) is 6.07 Å². The van der Waals surface area contributed by atoms with Crippen LogP contribution in [0.3, 0.4) is 0 Å². The van der Waals surface area contributed by atoms with E-state index in [2.05, 4.69) is 9.82 Å². The molecule has 2 aromatic rings. The first-order valence-corrected chi connectivity index (χ1v) is 7.63. The van der Waals surface area contributed by atoms with Crippen molar-refractivity contribution in [1.29, 1.82) is 5.26 Å². The third-order valence-electron chi connectivity index (χ3n) is 2.98. The van der Waals surface area contributed by atoms with Crippen LogP contribution in [0.4, 0.5) is 5.82 Å². The molecule has 0 aliphatic heterocycles. The maximum atomic E-state index is 12.3. The van der Waals surface area contributed by atoms with Crippen LogP contribution < -0.4 is 10.5 Å². The van der Waals surface area contributed by atoms with Gasteiger partial charge in [-0.1, -0.05) is 12.1 Å². The Balaban J connectivity index is 2.23. The van der Waals surface area contributed by atoms with Crippen LogP contribution in [-0.4, -0.2) is 18.2 Å². The van der Waals surface area contributed by atoms with E-state index in [1.54, 1.807) is 38.2 Å². The zero-order valence-corrected chi connectivity index (χ0v) is 12.4. The average molecular weight is 305 g/mol. The number of aromatic nitrogens is 2. The fourth-order valence-corrected chi connectivity index (χ4v) is 3.24. The minimum Gasteiger partial charge on any atom is -0.381 e. The van der Waals surface area contributed by atoms with Crippen molar-refractivity contribution < 1.29 is 8.42 Å². The van der Waals surface area contributed by atoms with Gasteiger partial charge < -0.3 is 5.73 Å². The van der Waals surface area contributed by atoms with Gasteiger partial charge in [0.15, 0.2) is 5.82 Å². The molecule has 1 heterocycles. The first-order valence-electron chi connectivity index (χ1n) is 6.15. The molecular weight excluding hydrogens is 290 g/mol. The summed E-state index contributed by atoms with van der Waals surface area (Å²) in [6.07, 6.45) is 1.35. The lowest BCUT2D eigenvalue weighted by atomic mass is 10.1. The van der Waals surface area contributed by atoms with Crippen molar-refractivity contribution in [3.05, 3.63) is 41.6 Å². The van der Waals surface area contributed by atoms with Crippen LogP contribution >= 0.6 is 0 Å². The third-order valence-corrected chi connectivity index (χ3v) is 4.54. The van der Waals surface area contributed by atoms with Crippen molar-refractivity contribution in [1.82, 2.24) is 14.5 Å². The van der Waals surface area contributed by atoms with Gasteiger partial charge in [0, 0.05) is 19.3 Å². The number of nitrogens with zero attached hydrogens (tertiary/aromatic N) is 3. The van der Waals surface area contributed by atoms with Crippen LogP contribution in [0, 0.1) is 11.3 Å². The molecule has 3 N–H and O–H groups in total. The van der Waals surface area contributed by atoms with Gasteiger partial charge in [-0.25, -0.2) is 13.1 Å². The maximum Gasteiger partial charge on any atom is 0.246 e. The fourth-order valence-electron chi connectivity index (χ4n) is 1.90. The molecule has 0 radical (unpaired) electrons. The molecule has 8 heteroatoms. The minimum atomic E-state index is -3.76. The van der Waals surface area contributed by atoms with E-state index < -0.39 is 16.1 Å². The van der Waals surface area contributed by atoms with E-state index in [1.165, 1.54) is 10.9 Å². The Kier molecular flexibility index (Phi) is 3.97. The number of aryl methyl sites for hydroxylation is 1. The number of nitrogens with two attached hydrogens (primary N) is 1. The van der Waals surface area contributed by atoms with Gasteiger partial charge in [0.1, 0.15) is 4.90 Å². The minimum absolute atomic E-state index is 0.0444. The lowest BCUT2D eigenvalue weighted by molar-refractivity contribution is 0.567. The van der Waals surface area contributed by atoms with E-state index in [0.29, 0.717) is 5.56 Å². The zero-order valence-electron chi connectivity index (χ0n) is 11.6. The van der Waals surface area contributed by atoms with Gasteiger partial charge in [-0.2, -0.15) is 10.4 Å². The van der Waals surface area contributed by atoms with E-state index in [9.17, 15) is 8.42 Å². The summed E-state index contributed by atoms with van der Waals surface area (Å²) >= 11 is 0. The van der Waals surface area contributed by atoms with Gasteiger partial charge in [0.05, 0.1) is 11.6 Å². The van der Waals surface area contributed by atoms with Crippen LogP contribution in [0.5, 0.6) is 0 Å². The molecule has 7 nitrogen and oxygen atoms in total. The average Bonchev–Trinajstić information content (AvgIpc) is 2.78. The standard InChI is InChI=1S/C13H15N5O2S/c1-9(11-5-3-10(7-14)4-6-11)17-21(19,20)12-8-18(2)16-13(12)15/h3-6,8-9,17H,1-2H3,(H2,15,16). The Morgan fingerprint density at radius 2 is 2.00 bits per heavy atom. The fraction of sp³-hybridized carbons (Fsp3) is 0.231. The number of nitrogens with one attached hydrogen (secondary N) is 1. The predicted molar refractivity (Wildman–Crippen MR) is 77.5 cm³/mol. The van der Waals surface area contributed by atoms with Crippen molar-refractivity contribution in [2.24, 2.45) is 7.05 Å². The van der Waals surface area contributed by atoms with E-state index in [0.717, 1.165) is 5.56 Å². The third kappa shape index (κ3) is 3.21. The van der Waals surface area contributed by atoms with Crippen molar-refractivity contribution in [3.63, 3.8) is 0 Å². The van der Waals surface area contributed by atoms with Crippen molar-refractivity contribution in [3.8, 4) is 6.07 Å². The van der Waals surface area contributed by atoms with E-state index in [4.69, 9.17) is 11.0 Å². The number of nitriles is 1. The van der Waals surface area contributed by atoms with Crippen molar-refractivity contribution in [2.75, 3.05) is 5.73 Å². The lowest BCUT2D eigenvalue weighted by Crippen LogP contribution is -2.27. The molecule has 0 aliphatic rings. The zero-order chi connectivity index (χ0) is 15.6. The van der Waals surface area contributed by atoms with Gasteiger partial charge in [-0.3, -0.25) is 4.68 Å². The number of anilines is 1. The topological polar surface area (TPSA) is 114 Å². The highest BCUT2D eigenvalue weighted by atomic mass is 32.2. The SMILES string of the molecule is CC(NS(=O)(=O)c1cn(C)nc1N)c1ccc(C#N)cc1. The van der Waals surface area contributed by atoms with E-state index >= 15 is 0 Å². The molecule has 2 rings (SSSR count). The summed E-state index contributed by atoms with van der Waals surface area (Å²) in [4.78, 5) is -0.0505. The quantitative estimate of drug-likeness (QED) is 0.871. The summed E-state index contributed by atoms with van der Waals surface area (Å²) < 4.78 is 28.4. The van der Waals surface area contributed by atoms with Gasteiger partial charge in [-0.15, -0.1) is 0 Å². The van der Waals surface area contributed by atoms with E-state index in [-0.39, 0.29) is 10.7 Å². The largest absolute Gasteiger partial charge is 0.381 e. The molecule has 0 bridgehead atoms. The second kappa shape index (κ2) is 5.55. The van der Waals surface area contributed by atoms with Gasteiger partial charge in [0.25, 0.3) is 0 Å². The number of benzene rings is 1. The van der Waals surface area contributed by atoms with Crippen LogP contribution in [0.15, 0.2) is 35.4 Å². The first-order chi connectivity index (χ1) is 9.83. The Labute approximate surface area is 123 Å². The van der Waals surface area contributed by atoms with Gasteiger partial charge in [0.2, 0.25) is 10.0 Å². The number of sulfonamides is 1. The Hall–Kier alpha value is -2.37. The highest BCUT2D eigenvalue weighted by Crippen LogP contribution is 2.20. The Morgan fingerprint density at radius 1 is 1.38 bits per heavy atom. The molecule has 0 saturated carbocycles. The van der Waals surface area contributed by atoms with Gasteiger partial charge in [-0.05, 0) is 24.6 Å². The molecule has 0 aliphatic carbocycles. The van der Waals surface area contributed by atoms with Crippen molar-refractivity contribution in [2.45, 2.75) is 17.9 Å². The monoisotopic (exact) mass is 305 g/mol. The summed E-state index contributed by atoms with van der Waals surface area (Å²) in [5.41, 5.74) is 6.86. The normalized spacial score (nSPS) is 12.8. The van der Waals surface area contributed by atoms with Crippen LogP contribution in [-0.2, 0) is 17.1 Å². The van der Waals surface area contributed by atoms with Gasteiger partial charge >= 0.3 is 0 Å². The molecule has 110 valence electrons. The summed E-state index contributed by atoms with van der Waals surface area (Å²) in [6, 6.07) is 8.24. The number of rotatable bonds is 4. The second-order valence-corrected chi connectivity index (χ2v) is 6.31. The highest BCUT2D eigenvalue weighted by Gasteiger charge is 2.23. The lowest BCUT2D eigenvalue weighted by Gasteiger charge is -2.14. The molecule has 0 spiro atoms. The maximum absolute atomic E-state index is 12.3. The highest BCUT2D eigenvalue weighted by molar-refractivity contribution is 7.89. The summed E-state index contributed by atoms with van der Waals surface area (Å²) in [6.45, 7) is 1.71. The first kappa shape index (κ1) is 15.0. The van der Waals surface area contributed by atoms with Crippen molar-refractivity contribution >= 4 is 15.8 Å². The number of hydrogen-bond acceptors (Lipinski definition) is 5. The smallest absolute Gasteiger partial charge is 0.246 e. The Morgan fingerprint density at radius 3 is 2.48 bits per heavy atom.